The first-order valence-corrected chi connectivity index (χ1v) is 4.44. The van der Waals surface area contributed by atoms with Crippen LogP contribution in [0.3, 0.4) is 0 Å². The molecule has 1 atom stereocenters. The van der Waals surface area contributed by atoms with E-state index in [2.05, 4.69) is 0 Å². The zero-order chi connectivity index (χ0) is 11.6. The van der Waals surface area contributed by atoms with Gasteiger partial charge < -0.3 is 5.73 Å². The van der Waals surface area contributed by atoms with Gasteiger partial charge in [0.05, 0.1) is 11.4 Å². The number of rotatable bonds is 2. The molecule has 7 heteroatoms. The van der Waals surface area contributed by atoms with E-state index >= 15 is 0 Å². The highest BCUT2D eigenvalue weighted by Crippen LogP contribution is 2.29. The number of alkyl halides is 3. The zero-order valence-electron chi connectivity index (χ0n) is 7.89. The number of hydrogen-bond acceptors (Lipinski definition) is 1. The Bertz CT molecular complexity index is 354. The molecule has 0 heterocycles. The number of hydrogen-bond donors (Lipinski definition) is 1. The maximum Gasteiger partial charge on any atom is 0.390 e. The molecule has 0 aliphatic carbocycles. The van der Waals surface area contributed by atoms with Crippen molar-refractivity contribution in [3.05, 3.63) is 34.6 Å². The SMILES string of the molecule is Cl.N[C@H](CC(F)(F)F)c1ccc(Cl)c(F)c1. The van der Waals surface area contributed by atoms with Crippen LogP contribution in [0, 0.1) is 5.82 Å². The number of nitrogens with two attached hydrogens (primary N) is 1. The minimum Gasteiger partial charge on any atom is -0.324 e. The van der Waals surface area contributed by atoms with Crippen molar-refractivity contribution in [1.29, 1.82) is 0 Å². The first kappa shape index (κ1) is 15.5. The van der Waals surface area contributed by atoms with Gasteiger partial charge >= 0.3 is 6.18 Å². The Labute approximate surface area is 101 Å². The maximum absolute atomic E-state index is 12.9. The third-order valence-electron chi connectivity index (χ3n) is 1.82. The third-order valence-corrected chi connectivity index (χ3v) is 2.13. The number of halogens is 6. The van der Waals surface area contributed by atoms with Crippen LogP contribution in [0.4, 0.5) is 17.6 Å². The van der Waals surface area contributed by atoms with Gasteiger partial charge in [0, 0.05) is 6.04 Å². The minimum absolute atomic E-state index is 0. The van der Waals surface area contributed by atoms with Crippen molar-refractivity contribution in [1.82, 2.24) is 0 Å². The molecule has 0 amide bonds. The molecule has 0 saturated carbocycles. The first-order valence-electron chi connectivity index (χ1n) is 4.07. The van der Waals surface area contributed by atoms with Crippen LogP contribution in [0.25, 0.3) is 0 Å². The van der Waals surface area contributed by atoms with E-state index in [1.165, 1.54) is 12.1 Å². The average Bonchev–Trinajstić information content (AvgIpc) is 2.06. The fraction of sp³-hybridized carbons (Fsp3) is 0.333. The van der Waals surface area contributed by atoms with E-state index in [1.807, 2.05) is 0 Å². The smallest absolute Gasteiger partial charge is 0.324 e. The van der Waals surface area contributed by atoms with Crippen LogP contribution in [-0.2, 0) is 0 Å². The van der Waals surface area contributed by atoms with Crippen molar-refractivity contribution >= 4 is 24.0 Å². The Morgan fingerprint density at radius 3 is 2.31 bits per heavy atom. The van der Waals surface area contributed by atoms with Gasteiger partial charge in [0.1, 0.15) is 5.82 Å². The Kier molecular flexibility index (Phi) is 5.52. The molecule has 0 spiro atoms. The van der Waals surface area contributed by atoms with Gasteiger partial charge in [-0.15, -0.1) is 12.4 Å². The largest absolute Gasteiger partial charge is 0.390 e. The Hall–Kier alpha value is -0.520. The predicted octanol–water partition coefficient (Wildman–Crippen LogP) is 3.85. The third kappa shape index (κ3) is 4.55. The molecule has 2 N–H and O–H groups in total. The van der Waals surface area contributed by atoms with Crippen LogP contribution in [0.15, 0.2) is 18.2 Å². The first-order chi connectivity index (χ1) is 6.79. The Morgan fingerprint density at radius 2 is 1.88 bits per heavy atom. The van der Waals surface area contributed by atoms with Gasteiger partial charge in [0.2, 0.25) is 0 Å². The van der Waals surface area contributed by atoms with Gasteiger partial charge in [0.15, 0.2) is 0 Å². The highest BCUT2D eigenvalue weighted by Gasteiger charge is 2.31. The highest BCUT2D eigenvalue weighted by molar-refractivity contribution is 6.30. The van der Waals surface area contributed by atoms with Crippen molar-refractivity contribution < 1.29 is 17.6 Å². The lowest BCUT2D eigenvalue weighted by Crippen LogP contribution is -2.20. The van der Waals surface area contributed by atoms with E-state index in [0.717, 1.165) is 6.07 Å². The summed E-state index contributed by atoms with van der Waals surface area (Å²) < 4.78 is 48.8. The van der Waals surface area contributed by atoms with E-state index in [0.29, 0.717) is 0 Å². The summed E-state index contributed by atoms with van der Waals surface area (Å²) in [6, 6.07) is 2.11. The molecule has 1 nitrogen and oxygen atoms in total. The van der Waals surface area contributed by atoms with Crippen LogP contribution in [0.2, 0.25) is 5.02 Å². The predicted molar refractivity (Wildman–Crippen MR) is 56.3 cm³/mol. The lowest BCUT2D eigenvalue weighted by molar-refractivity contribution is -0.138. The average molecular weight is 278 g/mol. The lowest BCUT2D eigenvalue weighted by Gasteiger charge is -2.14. The summed E-state index contributed by atoms with van der Waals surface area (Å²) in [5.41, 5.74) is 5.35. The standard InChI is InChI=1S/C9H8ClF4N.ClH/c10-6-2-1-5(3-7(6)11)8(15)4-9(12,13)14;/h1-3,8H,4,15H2;1H/t8-;/m1./s1. The summed E-state index contributed by atoms with van der Waals surface area (Å²) in [5.74, 6) is -0.771. The summed E-state index contributed by atoms with van der Waals surface area (Å²) in [5, 5.41) is -0.141. The highest BCUT2D eigenvalue weighted by atomic mass is 35.5. The zero-order valence-corrected chi connectivity index (χ0v) is 9.46. The van der Waals surface area contributed by atoms with Crippen LogP contribution in [0.1, 0.15) is 18.0 Å². The Morgan fingerprint density at radius 1 is 1.31 bits per heavy atom. The van der Waals surface area contributed by atoms with E-state index in [9.17, 15) is 17.6 Å². The summed E-state index contributed by atoms with van der Waals surface area (Å²) in [4.78, 5) is 0. The molecule has 0 aromatic heterocycles. The number of benzene rings is 1. The summed E-state index contributed by atoms with van der Waals surface area (Å²) in [7, 11) is 0. The second-order valence-electron chi connectivity index (χ2n) is 3.10. The van der Waals surface area contributed by atoms with E-state index in [4.69, 9.17) is 17.3 Å². The quantitative estimate of drug-likeness (QED) is 0.817. The van der Waals surface area contributed by atoms with Crippen molar-refractivity contribution in [2.45, 2.75) is 18.6 Å². The molecule has 0 saturated heterocycles. The molecular weight excluding hydrogens is 269 g/mol. The second kappa shape index (κ2) is 5.70. The molecule has 0 aliphatic heterocycles. The van der Waals surface area contributed by atoms with Crippen molar-refractivity contribution in [2.24, 2.45) is 5.73 Å². The van der Waals surface area contributed by atoms with E-state index in [-0.39, 0.29) is 23.0 Å². The van der Waals surface area contributed by atoms with E-state index < -0.39 is 24.5 Å². The van der Waals surface area contributed by atoms with Crippen LogP contribution < -0.4 is 5.73 Å². The monoisotopic (exact) mass is 277 g/mol. The molecule has 1 aromatic carbocycles. The molecule has 16 heavy (non-hydrogen) atoms. The summed E-state index contributed by atoms with van der Waals surface area (Å²) >= 11 is 5.38. The second-order valence-corrected chi connectivity index (χ2v) is 3.51. The Balaban J connectivity index is 0.00000225. The normalized spacial score (nSPS) is 13.1. The topological polar surface area (TPSA) is 26.0 Å². The minimum atomic E-state index is -4.37. The van der Waals surface area contributed by atoms with Gasteiger partial charge in [-0.1, -0.05) is 17.7 Å². The van der Waals surface area contributed by atoms with Gasteiger partial charge in [-0.05, 0) is 17.7 Å². The van der Waals surface area contributed by atoms with Gasteiger partial charge in [-0.2, -0.15) is 13.2 Å². The maximum atomic E-state index is 12.9. The fourth-order valence-corrected chi connectivity index (χ4v) is 1.23. The van der Waals surface area contributed by atoms with Crippen molar-refractivity contribution in [2.75, 3.05) is 0 Å². The lowest BCUT2D eigenvalue weighted by atomic mass is 10.0. The van der Waals surface area contributed by atoms with Gasteiger partial charge in [-0.3, -0.25) is 0 Å². The summed E-state index contributed by atoms with van der Waals surface area (Å²) in [6.45, 7) is 0. The molecule has 1 rings (SSSR count). The van der Waals surface area contributed by atoms with Crippen molar-refractivity contribution in [3.63, 3.8) is 0 Å². The molecule has 0 radical (unpaired) electrons. The molecule has 0 bridgehead atoms. The molecule has 1 aromatic rings. The fourth-order valence-electron chi connectivity index (χ4n) is 1.11. The van der Waals surface area contributed by atoms with Crippen LogP contribution in [0.5, 0.6) is 0 Å². The van der Waals surface area contributed by atoms with E-state index in [1.54, 1.807) is 0 Å². The van der Waals surface area contributed by atoms with Crippen LogP contribution >= 0.6 is 24.0 Å². The summed E-state index contributed by atoms with van der Waals surface area (Å²) in [6.07, 6.45) is -5.55. The van der Waals surface area contributed by atoms with Crippen LogP contribution in [-0.4, -0.2) is 6.18 Å². The molecular formula is C9H9Cl2F4N. The van der Waals surface area contributed by atoms with Gasteiger partial charge in [0.25, 0.3) is 0 Å². The van der Waals surface area contributed by atoms with Gasteiger partial charge in [-0.25, -0.2) is 4.39 Å². The molecule has 0 fully saturated rings. The van der Waals surface area contributed by atoms with Crippen molar-refractivity contribution in [3.8, 4) is 0 Å². The molecule has 92 valence electrons. The molecule has 0 aliphatic rings. The molecule has 0 unspecified atom stereocenters.